The Bertz CT molecular complexity index is 224. The predicted octanol–water partition coefficient (Wildman–Crippen LogP) is 0.0382. The second-order valence-corrected chi connectivity index (χ2v) is 2.12. The molecule has 1 aromatic heterocycles. The van der Waals surface area contributed by atoms with E-state index in [1.165, 1.54) is 6.20 Å². The van der Waals surface area contributed by atoms with Crippen molar-refractivity contribution >= 4 is 17.5 Å². The summed E-state index contributed by atoms with van der Waals surface area (Å²) >= 11 is 5.33. The second-order valence-electron chi connectivity index (χ2n) is 1.74. The third-order valence-corrected chi connectivity index (χ3v) is 1.16. The maximum absolute atomic E-state index is 10.9. The molecule has 60 valence electrons. The summed E-state index contributed by atoms with van der Waals surface area (Å²) in [6.45, 7) is 0.410. The molecular formula is C5H6ClN3O2. The van der Waals surface area contributed by atoms with Crippen LogP contribution in [-0.4, -0.2) is 28.6 Å². The number of carbonyl (C=O) groups excluding carboxylic acids is 1. The van der Waals surface area contributed by atoms with Crippen molar-refractivity contribution in [2.45, 2.75) is 0 Å². The minimum atomic E-state index is -0.327. The van der Waals surface area contributed by atoms with Crippen molar-refractivity contribution in [3.63, 3.8) is 0 Å². The lowest BCUT2D eigenvalue weighted by Gasteiger charge is -1.95. The maximum Gasteiger partial charge on any atom is 0.275 e. The van der Waals surface area contributed by atoms with Crippen molar-refractivity contribution in [1.82, 2.24) is 15.6 Å². The molecule has 0 bridgehead atoms. The summed E-state index contributed by atoms with van der Waals surface area (Å²) in [6.07, 6.45) is 1.24. The standard InChI is InChI=1S/C5H6ClN3O2/c6-1-2-7-5(10)4-3-8-11-9-4/h3H,1-2H2,(H,7,10). The summed E-state index contributed by atoms with van der Waals surface area (Å²) in [5, 5.41) is 9.10. The van der Waals surface area contributed by atoms with Crippen molar-refractivity contribution in [1.29, 1.82) is 0 Å². The van der Waals surface area contributed by atoms with E-state index in [1.807, 2.05) is 0 Å². The average molecular weight is 176 g/mol. The van der Waals surface area contributed by atoms with Gasteiger partial charge in [-0.2, -0.15) is 0 Å². The van der Waals surface area contributed by atoms with E-state index >= 15 is 0 Å². The van der Waals surface area contributed by atoms with Gasteiger partial charge in [0.25, 0.3) is 5.91 Å². The lowest BCUT2D eigenvalue weighted by molar-refractivity contribution is 0.0946. The van der Waals surface area contributed by atoms with Gasteiger partial charge in [-0.1, -0.05) is 5.16 Å². The predicted molar refractivity (Wildman–Crippen MR) is 37.4 cm³/mol. The Morgan fingerprint density at radius 2 is 2.64 bits per heavy atom. The number of hydrogen-bond acceptors (Lipinski definition) is 4. The third kappa shape index (κ3) is 2.19. The topological polar surface area (TPSA) is 68.0 Å². The van der Waals surface area contributed by atoms with Crippen LogP contribution in [-0.2, 0) is 0 Å². The largest absolute Gasteiger partial charge is 0.349 e. The van der Waals surface area contributed by atoms with E-state index < -0.39 is 0 Å². The second kappa shape index (κ2) is 3.92. The summed E-state index contributed by atoms with van der Waals surface area (Å²) in [5.41, 5.74) is 0.162. The van der Waals surface area contributed by atoms with Gasteiger partial charge < -0.3 is 5.32 Å². The van der Waals surface area contributed by atoms with Crippen LogP contribution in [0.15, 0.2) is 10.8 Å². The zero-order valence-electron chi connectivity index (χ0n) is 5.58. The minimum absolute atomic E-state index is 0.162. The normalized spacial score (nSPS) is 9.55. The highest BCUT2D eigenvalue weighted by Gasteiger charge is 2.07. The molecule has 0 atom stereocenters. The molecule has 0 unspecified atom stereocenters. The highest BCUT2D eigenvalue weighted by atomic mass is 35.5. The molecule has 11 heavy (non-hydrogen) atoms. The molecule has 1 aromatic rings. The number of nitrogens with zero attached hydrogens (tertiary/aromatic N) is 2. The first-order valence-electron chi connectivity index (χ1n) is 2.96. The first-order chi connectivity index (χ1) is 5.34. The Balaban J connectivity index is 2.43. The molecule has 1 heterocycles. The lowest BCUT2D eigenvalue weighted by atomic mass is 10.4. The van der Waals surface area contributed by atoms with Crippen LogP contribution in [0.3, 0.4) is 0 Å². The maximum atomic E-state index is 10.9. The molecule has 0 radical (unpaired) electrons. The first-order valence-corrected chi connectivity index (χ1v) is 3.50. The molecule has 0 aliphatic heterocycles. The van der Waals surface area contributed by atoms with Crippen molar-refractivity contribution in [3.05, 3.63) is 11.9 Å². The fraction of sp³-hybridized carbons (Fsp3) is 0.400. The van der Waals surface area contributed by atoms with E-state index in [0.717, 1.165) is 0 Å². The smallest absolute Gasteiger partial charge is 0.275 e. The van der Waals surface area contributed by atoms with Gasteiger partial charge in [0, 0.05) is 12.4 Å². The molecule has 5 nitrogen and oxygen atoms in total. The highest BCUT2D eigenvalue weighted by molar-refractivity contribution is 6.18. The van der Waals surface area contributed by atoms with Crippen LogP contribution in [0.2, 0.25) is 0 Å². The van der Waals surface area contributed by atoms with Crippen molar-refractivity contribution in [2.75, 3.05) is 12.4 Å². The van der Waals surface area contributed by atoms with Gasteiger partial charge in [0.2, 0.25) is 0 Å². The summed E-state index contributed by atoms with van der Waals surface area (Å²) in [7, 11) is 0. The van der Waals surface area contributed by atoms with E-state index in [-0.39, 0.29) is 11.6 Å². The number of rotatable bonds is 3. The molecule has 1 amide bonds. The fourth-order valence-corrected chi connectivity index (χ4v) is 0.611. The quantitative estimate of drug-likeness (QED) is 0.659. The Kier molecular flexibility index (Phi) is 2.85. The summed E-state index contributed by atoms with van der Waals surface area (Å²) < 4.78 is 4.22. The Morgan fingerprint density at radius 3 is 3.18 bits per heavy atom. The van der Waals surface area contributed by atoms with Gasteiger partial charge in [-0.3, -0.25) is 4.79 Å². The van der Waals surface area contributed by atoms with Crippen molar-refractivity contribution < 1.29 is 9.42 Å². The third-order valence-electron chi connectivity index (χ3n) is 0.974. The Hall–Kier alpha value is -1.10. The number of halogens is 1. The van der Waals surface area contributed by atoms with Crippen LogP contribution in [0.25, 0.3) is 0 Å². The van der Waals surface area contributed by atoms with Gasteiger partial charge in [0.05, 0.1) is 0 Å². The van der Waals surface area contributed by atoms with E-state index in [1.54, 1.807) is 0 Å². The van der Waals surface area contributed by atoms with Crippen LogP contribution in [0.1, 0.15) is 10.5 Å². The van der Waals surface area contributed by atoms with E-state index in [0.29, 0.717) is 12.4 Å². The number of aromatic nitrogens is 2. The zero-order valence-corrected chi connectivity index (χ0v) is 6.34. The molecule has 0 fully saturated rings. The lowest BCUT2D eigenvalue weighted by Crippen LogP contribution is -2.25. The summed E-state index contributed by atoms with van der Waals surface area (Å²) in [6, 6.07) is 0. The molecule has 1 rings (SSSR count). The monoisotopic (exact) mass is 175 g/mol. The van der Waals surface area contributed by atoms with E-state index in [2.05, 4.69) is 20.3 Å². The molecule has 6 heteroatoms. The van der Waals surface area contributed by atoms with Gasteiger partial charge in [-0.15, -0.1) is 11.6 Å². The van der Waals surface area contributed by atoms with Gasteiger partial charge in [0.15, 0.2) is 5.69 Å². The van der Waals surface area contributed by atoms with Crippen LogP contribution in [0.5, 0.6) is 0 Å². The van der Waals surface area contributed by atoms with E-state index in [9.17, 15) is 4.79 Å². The van der Waals surface area contributed by atoms with Crippen LogP contribution < -0.4 is 5.32 Å². The van der Waals surface area contributed by atoms with Crippen molar-refractivity contribution in [3.8, 4) is 0 Å². The molecule has 0 aliphatic rings. The van der Waals surface area contributed by atoms with Gasteiger partial charge in [-0.05, 0) is 5.16 Å². The molecule has 0 aromatic carbocycles. The molecule has 0 spiro atoms. The van der Waals surface area contributed by atoms with Crippen LogP contribution in [0, 0.1) is 0 Å². The van der Waals surface area contributed by atoms with Gasteiger partial charge in [0.1, 0.15) is 6.20 Å². The number of carbonyl (C=O) groups is 1. The first kappa shape index (κ1) is 8.00. The molecule has 0 saturated carbocycles. The average Bonchev–Trinajstić information content (AvgIpc) is 2.52. The van der Waals surface area contributed by atoms with Crippen LogP contribution >= 0.6 is 11.6 Å². The van der Waals surface area contributed by atoms with Crippen molar-refractivity contribution in [2.24, 2.45) is 0 Å². The highest BCUT2D eigenvalue weighted by Crippen LogP contribution is 1.89. The molecule has 0 aliphatic carbocycles. The Labute approximate surface area is 67.7 Å². The zero-order chi connectivity index (χ0) is 8.10. The minimum Gasteiger partial charge on any atom is -0.349 e. The number of hydrogen-bond donors (Lipinski definition) is 1. The number of nitrogens with one attached hydrogen (secondary N) is 1. The van der Waals surface area contributed by atoms with Gasteiger partial charge >= 0.3 is 0 Å². The molecule has 1 N–H and O–H groups in total. The number of amides is 1. The van der Waals surface area contributed by atoms with Crippen LogP contribution in [0.4, 0.5) is 0 Å². The fourth-order valence-electron chi connectivity index (χ4n) is 0.516. The SMILES string of the molecule is O=C(NCCCl)c1cnon1. The summed E-state index contributed by atoms with van der Waals surface area (Å²) in [4.78, 5) is 10.9. The molecular weight excluding hydrogens is 170 g/mol. The number of alkyl halides is 1. The summed E-state index contributed by atoms with van der Waals surface area (Å²) in [5.74, 6) is 0.0451. The Morgan fingerprint density at radius 1 is 1.82 bits per heavy atom. The molecule has 0 saturated heterocycles. The van der Waals surface area contributed by atoms with E-state index in [4.69, 9.17) is 11.6 Å². The van der Waals surface area contributed by atoms with Gasteiger partial charge in [-0.25, -0.2) is 4.63 Å².